The van der Waals surface area contributed by atoms with E-state index < -0.39 is 5.41 Å². The van der Waals surface area contributed by atoms with Crippen molar-refractivity contribution in [1.29, 1.82) is 0 Å². The molecule has 0 unspecified atom stereocenters. The van der Waals surface area contributed by atoms with Gasteiger partial charge in [0, 0.05) is 36.9 Å². The van der Waals surface area contributed by atoms with Crippen LogP contribution in [0.4, 0.5) is 23.3 Å². The molecule has 0 bridgehead atoms. The Morgan fingerprint density at radius 2 is 1.28 bits per heavy atom. The smallest absolute Gasteiger partial charge is 0.227 e. The van der Waals surface area contributed by atoms with E-state index in [9.17, 15) is 4.79 Å². The van der Waals surface area contributed by atoms with Gasteiger partial charge in [-0.3, -0.25) is 4.79 Å². The van der Waals surface area contributed by atoms with Gasteiger partial charge in [0.2, 0.25) is 18.3 Å². The van der Waals surface area contributed by atoms with Crippen LogP contribution in [-0.2, 0) is 10.2 Å². The van der Waals surface area contributed by atoms with Crippen LogP contribution >= 0.6 is 0 Å². The molecule has 0 atom stereocenters. The first-order valence-electron chi connectivity index (χ1n) is 13.4. The molecule has 0 aliphatic carbocycles. The summed E-state index contributed by atoms with van der Waals surface area (Å²) in [5.74, 6) is 1.03. The maximum atomic E-state index is 12.2. The molecule has 6 rings (SSSR count). The van der Waals surface area contributed by atoms with E-state index in [0.717, 1.165) is 61.5 Å². The second-order valence-corrected chi connectivity index (χ2v) is 10.3. The van der Waals surface area contributed by atoms with E-state index in [1.165, 1.54) is 0 Å². The number of amides is 1. The van der Waals surface area contributed by atoms with E-state index in [1.54, 1.807) is 12.4 Å². The molecule has 39 heavy (non-hydrogen) atoms. The summed E-state index contributed by atoms with van der Waals surface area (Å²) in [5, 5.41) is 10.2. The molecule has 1 amide bonds. The second kappa shape index (κ2) is 10.8. The van der Waals surface area contributed by atoms with Crippen molar-refractivity contribution in [3.8, 4) is 0 Å². The number of likely N-dealkylation sites (tertiary alicyclic amines) is 1. The maximum Gasteiger partial charge on any atom is 0.227 e. The lowest BCUT2D eigenvalue weighted by Gasteiger charge is -2.57. The number of aromatic nitrogens is 4. The van der Waals surface area contributed by atoms with E-state index in [0.29, 0.717) is 25.0 Å². The average Bonchev–Trinajstić information content (AvgIpc) is 2.99. The predicted molar refractivity (Wildman–Crippen MR) is 151 cm³/mol. The molecule has 9 heteroatoms. The van der Waals surface area contributed by atoms with Gasteiger partial charge in [0.25, 0.3) is 0 Å². The van der Waals surface area contributed by atoms with E-state index in [-0.39, 0.29) is 5.41 Å². The molecule has 4 aromatic rings. The number of para-hydroxylation sites is 2. The molecule has 3 N–H and O–H groups in total. The van der Waals surface area contributed by atoms with Gasteiger partial charge in [-0.15, -0.1) is 0 Å². The SMILES string of the molecule is O=CN1CCC2(CCNCC2)C(c2ccnc(Nc3ccccc3)n2)(c2ccnc(Nc3ccccc3)n2)C1. The van der Waals surface area contributed by atoms with Gasteiger partial charge in [0.15, 0.2) is 0 Å². The summed E-state index contributed by atoms with van der Waals surface area (Å²) in [6.07, 6.45) is 7.33. The number of piperidine rings is 2. The van der Waals surface area contributed by atoms with Crippen molar-refractivity contribution in [3.05, 3.63) is 96.6 Å². The molecule has 2 aromatic heterocycles. The zero-order valence-electron chi connectivity index (χ0n) is 21.8. The van der Waals surface area contributed by atoms with Crippen LogP contribution in [0.1, 0.15) is 30.7 Å². The molecule has 9 nitrogen and oxygen atoms in total. The van der Waals surface area contributed by atoms with Gasteiger partial charge in [-0.1, -0.05) is 36.4 Å². The number of carbonyl (C=O) groups is 1. The Labute approximate surface area is 228 Å². The Morgan fingerprint density at radius 3 is 1.79 bits per heavy atom. The molecular formula is C30H32N8O. The Bertz CT molecular complexity index is 1320. The number of rotatable bonds is 7. The molecule has 2 fully saturated rings. The molecular weight excluding hydrogens is 488 g/mol. The number of carbonyl (C=O) groups excluding carboxylic acids is 1. The third kappa shape index (κ3) is 4.81. The maximum absolute atomic E-state index is 12.2. The van der Waals surface area contributed by atoms with E-state index >= 15 is 0 Å². The normalized spacial score (nSPS) is 17.9. The van der Waals surface area contributed by atoms with E-state index in [1.807, 2.05) is 77.7 Å². The first-order valence-corrected chi connectivity index (χ1v) is 13.4. The van der Waals surface area contributed by atoms with Crippen LogP contribution < -0.4 is 16.0 Å². The van der Waals surface area contributed by atoms with Gasteiger partial charge in [0.05, 0.1) is 16.8 Å². The third-order valence-electron chi connectivity index (χ3n) is 8.18. The van der Waals surface area contributed by atoms with Crippen LogP contribution in [0.25, 0.3) is 0 Å². The topological polar surface area (TPSA) is 108 Å². The number of anilines is 4. The monoisotopic (exact) mass is 520 g/mol. The first-order chi connectivity index (χ1) is 19.2. The quantitative estimate of drug-likeness (QED) is 0.310. The van der Waals surface area contributed by atoms with E-state index in [4.69, 9.17) is 9.97 Å². The lowest BCUT2D eigenvalue weighted by atomic mass is 9.52. The largest absolute Gasteiger partial charge is 0.344 e. The number of hydrogen-bond acceptors (Lipinski definition) is 8. The fourth-order valence-electron chi connectivity index (χ4n) is 6.25. The molecule has 4 heterocycles. The molecule has 2 aliphatic rings. The van der Waals surface area contributed by atoms with Gasteiger partial charge < -0.3 is 20.9 Å². The van der Waals surface area contributed by atoms with Crippen LogP contribution in [0.15, 0.2) is 85.2 Å². The fraction of sp³-hybridized carbons (Fsp3) is 0.300. The summed E-state index contributed by atoms with van der Waals surface area (Å²) in [7, 11) is 0. The Kier molecular flexibility index (Phi) is 6.89. The van der Waals surface area contributed by atoms with E-state index in [2.05, 4.69) is 25.9 Å². The van der Waals surface area contributed by atoms with Crippen molar-refractivity contribution < 1.29 is 4.79 Å². The Morgan fingerprint density at radius 1 is 0.744 bits per heavy atom. The molecule has 1 spiro atoms. The van der Waals surface area contributed by atoms with Gasteiger partial charge in [-0.05, 0) is 74.2 Å². The first kappa shape index (κ1) is 24.9. The lowest BCUT2D eigenvalue weighted by molar-refractivity contribution is -0.123. The summed E-state index contributed by atoms with van der Waals surface area (Å²) >= 11 is 0. The Hall–Kier alpha value is -4.37. The number of benzene rings is 2. The minimum Gasteiger partial charge on any atom is -0.344 e. The summed E-state index contributed by atoms with van der Waals surface area (Å²) in [4.78, 5) is 33.4. The van der Waals surface area contributed by atoms with Crippen molar-refractivity contribution in [2.45, 2.75) is 24.7 Å². The standard InChI is InChI=1S/C30H32N8O/c39-22-38-20-15-29(13-18-31-19-14-29)30(21-38,25-11-16-32-27(36-25)34-23-7-3-1-4-8-23)26-12-17-33-28(37-26)35-24-9-5-2-6-10-24/h1-12,16-17,22,31H,13-15,18-21H2,(H,32,34,36)(H,33,35,37). The summed E-state index contributed by atoms with van der Waals surface area (Å²) in [6.45, 7) is 3.01. The minimum atomic E-state index is -0.652. The number of hydrogen-bond donors (Lipinski definition) is 3. The van der Waals surface area contributed by atoms with Crippen molar-refractivity contribution in [2.75, 3.05) is 36.8 Å². The highest BCUT2D eigenvalue weighted by Crippen LogP contribution is 2.56. The number of nitrogens with zero attached hydrogens (tertiary/aromatic N) is 5. The van der Waals surface area contributed by atoms with Gasteiger partial charge in [-0.2, -0.15) is 0 Å². The highest BCUT2D eigenvalue weighted by Gasteiger charge is 2.58. The molecule has 2 aliphatic heterocycles. The number of nitrogens with one attached hydrogen (secondary N) is 3. The summed E-state index contributed by atoms with van der Waals surface area (Å²) < 4.78 is 0. The van der Waals surface area contributed by atoms with Crippen LogP contribution in [0.5, 0.6) is 0 Å². The zero-order chi connectivity index (χ0) is 26.5. The third-order valence-corrected chi connectivity index (χ3v) is 8.18. The fourth-order valence-corrected chi connectivity index (χ4v) is 6.25. The second-order valence-electron chi connectivity index (χ2n) is 10.3. The zero-order valence-corrected chi connectivity index (χ0v) is 21.8. The summed E-state index contributed by atoms with van der Waals surface area (Å²) in [6, 6.07) is 23.8. The van der Waals surface area contributed by atoms with Crippen molar-refractivity contribution in [3.63, 3.8) is 0 Å². The average molecular weight is 521 g/mol. The van der Waals surface area contributed by atoms with Crippen LogP contribution in [-0.4, -0.2) is 57.4 Å². The molecule has 198 valence electrons. The minimum absolute atomic E-state index is 0.144. The molecule has 0 radical (unpaired) electrons. The van der Waals surface area contributed by atoms with Crippen LogP contribution in [0.3, 0.4) is 0 Å². The van der Waals surface area contributed by atoms with Crippen molar-refractivity contribution >= 4 is 29.7 Å². The van der Waals surface area contributed by atoms with Gasteiger partial charge in [-0.25, -0.2) is 19.9 Å². The highest BCUT2D eigenvalue weighted by molar-refractivity contribution is 5.56. The van der Waals surface area contributed by atoms with Crippen LogP contribution in [0, 0.1) is 5.41 Å². The van der Waals surface area contributed by atoms with Crippen LogP contribution in [0.2, 0.25) is 0 Å². The predicted octanol–water partition coefficient (Wildman–Crippen LogP) is 4.27. The van der Waals surface area contributed by atoms with Crippen molar-refractivity contribution in [1.82, 2.24) is 30.2 Å². The van der Waals surface area contributed by atoms with Gasteiger partial charge >= 0.3 is 0 Å². The lowest BCUT2D eigenvalue weighted by Crippen LogP contribution is -2.62. The molecule has 0 saturated carbocycles. The van der Waals surface area contributed by atoms with Crippen molar-refractivity contribution in [2.24, 2.45) is 5.41 Å². The summed E-state index contributed by atoms with van der Waals surface area (Å²) in [5.41, 5.74) is 2.74. The van der Waals surface area contributed by atoms with Gasteiger partial charge in [0.1, 0.15) is 0 Å². The molecule has 2 saturated heterocycles. The highest BCUT2D eigenvalue weighted by atomic mass is 16.1. The Balaban J connectivity index is 1.50. The molecule has 2 aromatic carbocycles.